The normalized spacial score (nSPS) is 10.5. The van der Waals surface area contributed by atoms with Gasteiger partial charge in [-0.1, -0.05) is 0 Å². The molecule has 6 nitrogen and oxygen atoms in total. The van der Waals surface area contributed by atoms with Gasteiger partial charge >= 0.3 is 0 Å². The molecule has 112 valence electrons. The summed E-state index contributed by atoms with van der Waals surface area (Å²) < 4.78 is 18.7. The molecule has 1 aromatic heterocycles. The Kier molecular flexibility index (Phi) is 5.02. The van der Waals surface area contributed by atoms with Gasteiger partial charge in [0, 0.05) is 18.4 Å². The van der Waals surface area contributed by atoms with E-state index in [0.29, 0.717) is 29.8 Å². The third-order valence-corrected chi connectivity index (χ3v) is 2.67. The number of nitrogens with one attached hydrogen (secondary N) is 2. The number of hydrogen-bond acceptors (Lipinski definition) is 6. The molecule has 2 aromatic rings. The number of nitrogens with two attached hydrogens (primary N) is 1. The third-order valence-electron chi connectivity index (χ3n) is 2.67. The van der Waals surface area contributed by atoms with Crippen LogP contribution in [0.4, 0.5) is 21.7 Å². The second kappa shape index (κ2) is 6.96. The molecule has 0 unspecified atom stereocenters. The molecule has 0 amide bonds. The predicted molar refractivity (Wildman–Crippen MR) is 79.6 cm³/mol. The van der Waals surface area contributed by atoms with Crippen molar-refractivity contribution in [2.24, 2.45) is 5.84 Å². The number of halogens is 1. The van der Waals surface area contributed by atoms with Crippen molar-refractivity contribution >= 4 is 17.3 Å². The van der Waals surface area contributed by atoms with Crippen LogP contribution in [0.5, 0.6) is 0 Å². The molecule has 4 N–H and O–H groups in total. The molecule has 7 heteroatoms. The summed E-state index contributed by atoms with van der Waals surface area (Å²) in [6, 6.07) is 6.31. The van der Waals surface area contributed by atoms with E-state index in [2.05, 4.69) is 20.7 Å². The van der Waals surface area contributed by atoms with Gasteiger partial charge in [0.15, 0.2) is 5.82 Å². The van der Waals surface area contributed by atoms with Crippen LogP contribution in [-0.4, -0.2) is 16.6 Å². The Hall–Kier alpha value is -2.25. The van der Waals surface area contributed by atoms with Crippen molar-refractivity contribution in [3.05, 3.63) is 41.5 Å². The number of rotatable bonds is 6. The van der Waals surface area contributed by atoms with E-state index in [1.54, 1.807) is 6.07 Å². The first-order valence-electron chi connectivity index (χ1n) is 6.57. The van der Waals surface area contributed by atoms with Gasteiger partial charge < -0.3 is 15.5 Å². The van der Waals surface area contributed by atoms with Gasteiger partial charge in [0.25, 0.3) is 0 Å². The summed E-state index contributed by atoms with van der Waals surface area (Å²) in [5.41, 5.74) is 3.90. The number of hydrazine groups is 1. The van der Waals surface area contributed by atoms with Crippen molar-refractivity contribution in [3.8, 4) is 0 Å². The van der Waals surface area contributed by atoms with E-state index in [-0.39, 0.29) is 12.4 Å². The van der Waals surface area contributed by atoms with Crippen LogP contribution in [0.3, 0.4) is 0 Å². The van der Waals surface area contributed by atoms with Crippen molar-refractivity contribution < 1.29 is 9.13 Å². The fraction of sp³-hybridized carbons (Fsp3) is 0.286. The Labute approximate surface area is 122 Å². The van der Waals surface area contributed by atoms with Crippen molar-refractivity contribution in [2.75, 3.05) is 17.3 Å². The lowest BCUT2D eigenvalue weighted by Gasteiger charge is -2.10. The summed E-state index contributed by atoms with van der Waals surface area (Å²) in [6.45, 7) is 4.56. The van der Waals surface area contributed by atoms with E-state index in [4.69, 9.17) is 10.6 Å². The Balaban J connectivity index is 2.25. The summed E-state index contributed by atoms with van der Waals surface area (Å²) >= 11 is 0. The summed E-state index contributed by atoms with van der Waals surface area (Å²) in [4.78, 5) is 8.49. The standard InChI is InChI=1S/C14H18FN5O/c1-3-21-8-14-18-12(7-13(19-14)20-16)17-11-5-9(2)4-10(15)6-11/h4-7H,3,8,16H2,1-2H3,(H2,17,18,19,20). The molecule has 0 radical (unpaired) electrons. The quantitative estimate of drug-likeness (QED) is 0.560. The predicted octanol–water partition coefficient (Wildman–Crippen LogP) is 2.49. The minimum Gasteiger partial charge on any atom is -0.374 e. The summed E-state index contributed by atoms with van der Waals surface area (Å²) in [5, 5.41) is 3.03. The molecule has 0 spiro atoms. The smallest absolute Gasteiger partial charge is 0.158 e. The van der Waals surface area contributed by atoms with Crippen LogP contribution >= 0.6 is 0 Å². The van der Waals surface area contributed by atoms with E-state index in [0.717, 1.165) is 5.56 Å². The molecule has 1 aromatic carbocycles. The number of aromatic nitrogens is 2. The van der Waals surface area contributed by atoms with Gasteiger partial charge in [-0.3, -0.25) is 0 Å². The third kappa shape index (κ3) is 4.37. The highest BCUT2D eigenvalue weighted by atomic mass is 19.1. The Morgan fingerprint density at radius 1 is 1.19 bits per heavy atom. The van der Waals surface area contributed by atoms with Crippen LogP contribution in [-0.2, 0) is 11.3 Å². The van der Waals surface area contributed by atoms with Gasteiger partial charge in [-0.15, -0.1) is 0 Å². The van der Waals surface area contributed by atoms with Crippen molar-refractivity contribution in [3.63, 3.8) is 0 Å². The van der Waals surface area contributed by atoms with Gasteiger partial charge in [-0.2, -0.15) is 0 Å². The zero-order chi connectivity index (χ0) is 15.2. The van der Waals surface area contributed by atoms with E-state index in [1.807, 2.05) is 19.9 Å². The van der Waals surface area contributed by atoms with Crippen LogP contribution < -0.4 is 16.6 Å². The molecule has 0 saturated heterocycles. The van der Waals surface area contributed by atoms with Gasteiger partial charge in [-0.05, 0) is 37.6 Å². The highest BCUT2D eigenvalue weighted by Gasteiger charge is 2.06. The number of anilines is 3. The topological polar surface area (TPSA) is 85.1 Å². The fourth-order valence-electron chi connectivity index (χ4n) is 1.85. The molecule has 2 rings (SSSR count). The number of aryl methyl sites for hydroxylation is 1. The number of nitrogens with zero attached hydrogens (tertiary/aromatic N) is 2. The molecule has 0 aliphatic heterocycles. The monoisotopic (exact) mass is 291 g/mol. The molecule has 0 aliphatic rings. The largest absolute Gasteiger partial charge is 0.374 e. The number of nitrogen functional groups attached to an aromatic ring is 1. The van der Waals surface area contributed by atoms with Crippen molar-refractivity contribution in [1.29, 1.82) is 0 Å². The lowest BCUT2D eigenvalue weighted by Crippen LogP contribution is -2.12. The fourth-order valence-corrected chi connectivity index (χ4v) is 1.85. The first-order valence-corrected chi connectivity index (χ1v) is 6.57. The second-order valence-electron chi connectivity index (χ2n) is 4.48. The molecular formula is C14H18FN5O. The first kappa shape index (κ1) is 15.1. The number of ether oxygens (including phenoxy) is 1. The highest BCUT2D eigenvalue weighted by molar-refractivity contribution is 5.59. The van der Waals surface area contributed by atoms with E-state index < -0.39 is 0 Å². The number of benzene rings is 1. The molecule has 0 saturated carbocycles. The minimum absolute atomic E-state index is 0.281. The van der Waals surface area contributed by atoms with Crippen LogP contribution in [0.2, 0.25) is 0 Å². The average Bonchev–Trinajstić information content (AvgIpc) is 2.43. The lowest BCUT2D eigenvalue weighted by molar-refractivity contribution is 0.128. The molecule has 1 heterocycles. The molecule has 0 aliphatic carbocycles. The maximum atomic E-state index is 13.4. The van der Waals surface area contributed by atoms with E-state index in [1.165, 1.54) is 12.1 Å². The SMILES string of the molecule is CCOCc1nc(NN)cc(Nc2cc(C)cc(F)c2)n1. The van der Waals surface area contributed by atoms with Gasteiger partial charge in [0.1, 0.15) is 24.1 Å². The van der Waals surface area contributed by atoms with Crippen LogP contribution in [0, 0.1) is 12.7 Å². The zero-order valence-electron chi connectivity index (χ0n) is 12.0. The van der Waals surface area contributed by atoms with Gasteiger partial charge in [0.2, 0.25) is 0 Å². The van der Waals surface area contributed by atoms with Crippen molar-refractivity contribution in [1.82, 2.24) is 9.97 Å². The van der Waals surface area contributed by atoms with Crippen LogP contribution in [0.25, 0.3) is 0 Å². The Morgan fingerprint density at radius 2 is 1.95 bits per heavy atom. The molecule has 0 atom stereocenters. The lowest BCUT2D eigenvalue weighted by atomic mass is 10.2. The van der Waals surface area contributed by atoms with Crippen LogP contribution in [0.15, 0.2) is 24.3 Å². The Morgan fingerprint density at radius 3 is 2.62 bits per heavy atom. The maximum Gasteiger partial charge on any atom is 0.158 e. The minimum atomic E-state index is -0.307. The zero-order valence-corrected chi connectivity index (χ0v) is 12.0. The van der Waals surface area contributed by atoms with Crippen molar-refractivity contribution in [2.45, 2.75) is 20.5 Å². The molecule has 0 fully saturated rings. The molecule has 21 heavy (non-hydrogen) atoms. The average molecular weight is 291 g/mol. The molecule has 0 bridgehead atoms. The summed E-state index contributed by atoms with van der Waals surface area (Å²) in [6.07, 6.45) is 0. The Bertz CT molecular complexity index is 600. The highest BCUT2D eigenvalue weighted by Crippen LogP contribution is 2.19. The van der Waals surface area contributed by atoms with E-state index in [9.17, 15) is 4.39 Å². The van der Waals surface area contributed by atoms with Gasteiger partial charge in [0.05, 0.1) is 0 Å². The summed E-state index contributed by atoms with van der Waals surface area (Å²) in [5.74, 6) is 6.54. The summed E-state index contributed by atoms with van der Waals surface area (Å²) in [7, 11) is 0. The second-order valence-corrected chi connectivity index (χ2v) is 4.48. The number of hydrogen-bond donors (Lipinski definition) is 3. The first-order chi connectivity index (χ1) is 10.1. The van der Waals surface area contributed by atoms with Gasteiger partial charge in [-0.25, -0.2) is 20.2 Å². The van der Waals surface area contributed by atoms with Crippen LogP contribution in [0.1, 0.15) is 18.3 Å². The maximum absolute atomic E-state index is 13.4. The van der Waals surface area contributed by atoms with E-state index >= 15 is 0 Å². The molecular weight excluding hydrogens is 273 g/mol.